The standard InChI is InChI=1S/C17H21NO3S/c1-11(2)16(17(20)21)18-15(19)9-5-6-12-10-22-14-8-4-3-7-13(12)14/h3-4,7-8,10-11,16H,5-6,9H2,1-2H3,(H,18,19)(H,20,21). The minimum Gasteiger partial charge on any atom is -0.480 e. The van der Waals surface area contributed by atoms with Crippen molar-refractivity contribution in [2.45, 2.75) is 39.2 Å². The molecular weight excluding hydrogens is 298 g/mol. The summed E-state index contributed by atoms with van der Waals surface area (Å²) in [6.07, 6.45) is 1.90. The first kappa shape index (κ1) is 16.5. The van der Waals surface area contributed by atoms with Gasteiger partial charge in [0, 0.05) is 11.1 Å². The van der Waals surface area contributed by atoms with Crippen molar-refractivity contribution in [1.82, 2.24) is 5.32 Å². The van der Waals surface area contributed by atoms with Crippen LogP contribution in [0, 0.1) is 5.92 Å². The van der Waals surface area contributed by atoms with Gasteiger partial charge < -0.3 is 10.4 Å². The Morgan fingerprint density at radius 3 is 2.68 bits per heavy atom. The van der Waals surface area contributed by atoms with Gasteiger partial charge in [0.05, 0.1) is 0 Å². The Balaban J connectivity index is 1.85. The van der Waals surface area contributed by atoms with E-state index in [0.717, 1.165) is 12.8 Å². The fraction of sp³-hybridized carbons (Fsp3) is 0.412. The lowest BCUT2D eigenvalue weighted by atomic mass is 10.0. The second-order valence-corrected chi connectivity index (χ2v) is 6.65. The largest absolute Gasteiger partial charge is 0.480 e. The van der Waals surface area contributed by atoms with E-state index in [1.165, 1.54) is 15.6 Å². The van der Waals surface area contributed by atoms with Crippen molar-refractivity contribution < 1.29 is 14.7 Å². The maximum Gasteiger partial charge on any atom is 0.326 e. The quantitative estimate of drug-likeness (QED) is 0.821. The van der Waals surface area contributed by atoms with Gasteiger partial charge in [-0.2, -0.15) is 0 Å². The van der Waals surface area contributed by atoms with Crippen LogP contribution in [0.3, 0.4) is 0 Å². The van der Waals surface area contributed by atoms with E-state index in [0.29, 0.717) is 6.42 Å². The minimum atomic E-state index is -0.979. The number of carbonyl (C=O) groups is 2. The van der Waals surface area contributed by atoms with Gasteiger partial charge in [-0.3, -0.25) is 4.79 Å². The topological polar surface area (TPSA) is 66.4 Å². The first-order valence-electron chi connectivity index (χ1n) is 7.46. The number of fused-ring (bicyclic) bond motifs is 1. The number of rotatable bonds is 7. The van der Waals surface area contributed by atoms with Gasteiger partial charge in [0.2, 0.25) is 5.91 Å². The maximum atomic E-state index is 11.9. The molecule has 0 spiro atoms. The van der Waals surface area contributed by atoms with Crippen LogP contribution in [0.25, 0.3) is 10.1 Å². The summed E-state index contributed by atoms with van der Waals surface area (Å²) in [5, 5.41) is 15.1. The molecule has 2 rings (SSSR count). The fourth-order valence-electron chi connectivity index (χ4n) is 2.42. The van der Waals surface area contributed by atoms with Gasteiger partial charge in [-0.1, -0.05) is 32.0 Å². The number of thiophene rings is 1. The summed E-state index contributed by atoms with van der Waals surface area (Å²) >= 11 is 1.71. The molecule has 1 unspecified atom stereocenters. The molecule has 0 saturated carbocycles. The van der Waals surface area contributed by atoms with Crippen molar-refractivity contribution in [3.63, 3.8) is 0 Å². The number of aliphatic carboxylic acids is 1. The fourth-order valence-corrected chi connectivity index (χ4v) is 3.42. The third-order valence-electron chi connectivity index (χ3n) is 3.66. The second kappa shape index (κ2) is 7.40. The molecule has 0 saturated heterocycles. The predicted molar refractivity (Wildman–Crippen MR) is 89.2 cm³/mol. The van der Waals surface area contributed by atoms with E-state index in [2.05, 4.69) is 22.8 Å². The highest BCUT2D eigenvalue weighted by Crippen LogP contribution is 2.26. The zero-order valence-corrected chi connectivity index (χ0v) is 13.7. The third-order valence-corrected chi connectivity index (χ3v) is 4.67. The third kappa shape index (κ3) is 4.07. The number of carboxylic acid groups (broad SMARTS) is 1. The van der Waals surface area contributed by atoms with E-state index < -0.39 is 12.0 Å². The Kier molecular flexibility index (Phi) is 5.55. The Morgan fingerprint density at radius 2 is 2.00 bits per heavy atom. The molecule has 0 aliphatic carbocycles. The molecule has 0 fully saturated rings. The van der Waals surface area contributed by atoms with Gasteiger partial charge >= 0.3 is 5.97 Å². The molecule has 5 heteroatoms. The van der Waals surface area contributed by atoms with Gasteiger partial charge in [0.15, 0.2) is 0 Å². The van der Waals surface area contributed by atoms with Crippen LogP contribution in [0.1, 0.15) is 32.3 Å². The number of carbonyl (C=O) groups excluding carboxylic acids is 1. The first-order chi connectivity index (χ1) is 10.5. The molecule has 2 aromatic rings. The SMILES string of the molecule is CC(C)C(NC(=O)CCCc1csc2ccccc12)C(=O)O. The van der Waals surface area contributed by atoms with Gasteiger partial charge in [-0.25, -0.2) is 4.79 Å². The number of amides is 1. The van der Waals surface area contributed by atoms with Crippen molar-refractivity contribution in [1.29, 1.82) is 0 Å². The summed E-state index contributed by atoms with van der Waals surface area (Å²) in [4.78, 5) is 23.0. The van der Waals surface area contributed by atoms with Crippen LogP contribution < -0.4 is 5.32 Å². The molecule has 4 nitrogen and oxygen atoms in total. The normalized spacial score (nSPS) is 12.5. The van der Waals surface area contributed by atoms with E-state index in [4.69, 9.17) is 5.11 Å². The second-order valence-electron chi connectivity index (χ2n) is 5.74. The molecule has 22 heavy (non-hydrogen) atoms. The summed E-state index contributed by atoms with van der Waals surface area (Å²) < 4.78 is 1.26. The lowest BCUT2D eigenvalue weighted by Gasteiger charge is -2.17. The van der Waals surface area contributed by atoms with E-state index in [9.17, 15) is 9.59 Å². The van der Waals surface area contributed by atoms with E-state index in [1.807, 2.05) is 12.1 Å². The predicted octanol–water partition coefficient (Wildman–Crippen LogP) is 3.45. The highest BCUT2D eigenvalue weighted by Gasteiger charge is 2.22. The van der Waals surface area contributed by atoms with E-state index in [-0.39, 0.29) is 11.8 Å². The molecule has 118 valence electrons. The molecule has 1 amide bonds. The smallest absolute Gasteiger partial charge is 0.326 e. The lowest BCUT2D eigenvalue weighted by molar-refractivity contribution is -0.143. The average Bonchev–Trinajstić information content (AvgIpc) is 2.88. The Labute approximate surface area is 134 Å². The van der Waals surface area contributed by atoms with Crippen LogP contribution in [-0.4, -0.2) is 23.0 Å². The zero-order chi connectivity index (χ0) is 16.1. The molecule has 1 heterocycles. The van der Waals surface area contributed by atoms with Crippen LogP contribution in [0.5, 0.6) is 0 Å². The van der Waals surface area contributed by atoms with Crippen molar-refractivity contribution in [3.05, 3.63) is 35.2 Å². The van der Waals surface area contributed by atoms with Crippen LogP contribution >= 0.6 is 11.3 Å². The van der Waals surface area contributed by atoms with Crippen LogP contribution in [0.4, 0.5) is 0 Å². The molecule has 1 aromatic carbocycles. The Bertz CT molecular complexity index is 663. The average molecular weight is 319 g/mol. The van der Waals surface area contributed by atoms with Crippen LogP contribution in [0.2, 0.25) is 0 Å². The molecule has 0 aliphatic rings. The molecule has 1 aromatic heterocycles. The number of carboxylic acids is 1. The zero-order valence-electron chi connectivity index (χ0n) is 12.8. The number of benzene rings is 1. The molecule has 0 radical (unpaired) electrons. The number of aryl methyl sites for hydroxylation is 1. The van der Waals surface area contributed by atoms with Crippen molar-refractivity contribution in [2.75, 3.05) is 0 Å². The monoisotopic (exact) mass is 319 g/mol. The Hall–Kier alpha value is -1.88. The van der Waals surface area contributed by atoms with Crippen molar-refractivity contribution in [2.24, 2.45) is 5.92 Å². The van der Waals surface area contributed by atoms with Gasteiger partial charge in [-0.15, -0.1) is 11.3 Å². The summed E-state index contributed by atoms with van der Waals surface area (Å²) in [7, 11) is 0. The van der Waals surface area contributed by atoms with Crippen LogP contribution in [-0.2, 0) is 16.0 Å². The van der Waals surface area contributed by atoms with E-state index in [1.54, 1.807) is 25.2 Å². The minimum absolute atomic E-state index is 0.123. The summed E-state index contributed by atoms with van der Waals surface area (Å²) in [5.74, 6) is -1.30. The number of hydrogen-bond donors (Lipinski definition) is 2. The molecule has 1 atom stereocenters. The Morgan fingerprint density at radius 1 is 1.27 bits per heavy atom. The molecule has 2 N–H and O–H groups in total. The highest BCUT2D eigenvalue weighted by molar-refractivity contribution is 7.17. The van der Waals surface area contributed by atoms with Gasteiger partial charge in [0.25, 0.3) is 0 Å². The molecule has 0 aliphatic heterocycles. The van der Waals surface area contributed by atoms with Gasteiger partial charge in [0.1, 0.15) is 6.04 Å². The van der Waals surface area contributed by atoms with Crippen LogP contribution in [0.15, 0.2) is 29.6 Å². The summed E-state index contributed by atoms with van der Waals surface area (Å²) in [6, 6.07) is 7.42. The molecule has 0 bridgehead atoms. The lowest BCUT2D eigenvalue weighted by Crippen LogP contribution is -2.44. The van der Waals surface area contributed by atoms with Gasteiger partial charge in [-0.05, 0) is 41.2 Å². The van der Waals surface area contributed by atoms with Crippen molar-refractivity contribution in [3.8, 4) is 0 Å². The highest BCUT2D eigenvalue weighted by atomic mass is 32.1. The summed E-state index contributed by atoms with van der Waals surface area (Å²) in [6.45, 7) is 3.58. The first-order valence-corrected chi connectivity index (χ1v) is 8.34. The molecular formula is C17H21NO3S. The maximum absolute atomic E-state index is 11.9. The summed E-state index contributed by atoms with van der Waals surface area (Å²) in [5.41, 5.74) is 1.26. The number of nitrogens with one attached hydrogen (secondary N) is 1. The van der Waals surface area contributed by atoms with E-state index >= 15 is 0 Å². The number of hydrogen-bond acceptors (Lipinski definition) is 3. The van der Waals surface area contributed by atoms with Crippen molar-refractivity contribution >= 4 is 33.3 Å².